The summed E-state index contributed by atoms with van der Waals surface area (Å²) in [7, 11) is 0. The van der Waals surface area contributed by atoms with Crippen molar-refractivity contribution in [2.24, 2.45) is 0 Å². The summed E-state index contributed by atoms with van der Waals surface area (Å²) in [6.45, 7) is 0.973. The number of amides is 1. The Balaban J connectivity index is 1.69. The van der Waals surface area contributed by atoms with E-state index in [0.717, 1.165) is 16.3 Å². The Morgan fingerprint density at radius 1 is 1.41 bits per heavy atom. The van der Waals surface area contributed by atoms with Gasteiger partial charge < -0.3 is 10.0 Å². The normalized spacial score (nSPS) is 15.8. The highest BCUT2D eigenvalue weighted by atomic mass is 35.5. The third-order valence-electron chi connectivity index (χ3n) is 2.62. The van der Waals surface area contributed by atoms with Gasteiger partial charge in [0.15, 0.2) is 0 Å². The predicted octanol–water partition coefficient (Wildman–Crippen LogP) is 1.78. The minimum atomic E-state index is -0.319. The Labute approximate surface area is 110 Å². The summed E-state index contributed by atoms with van der Waals surface area (Å²) in [5, 5.41) is 9.81. The molecule has 1 amide bonds. The van der Waals surface area contributed by atoms with E-state index in [0.29, 0.717) is 18.8 Å². The number of carbonyl (C=O) groups is 1. The van der Waals surface area contributed by atoms with Crippen molar-refractivity contribution in [1.82, 2.24) is 4.90 Å². The number of aliphatic hydroxyl groups is 1. The van der Waals surface area contributed by atoms with Crippen LogP contribution in [0, 0.1) is 0 Å². The van der Waals surface area contributed by atoms with Crippen molar-refractivity contribution >= 4 is 29.3 Å². The summed E-state index contributed by atoms with van der Waals surface area (Å²) < 4.78 is 0. The molecule has 0 radical (unpaired) electrons. The topological polar surface area (TPSA) is 40.5 Å². The maximum Gasteiger partial charge on any atom is 0.232 e. The second-order valence-electron chi connectivity index (χ2n) is 4.07. The Morgan fingerprint density at radius 3 is 2.65 bits per heavy atom. The van der Waals surface area contributed by atoms with Crippen molar-refractivity contribution in [1.29, 1.82) is 0 Å². The lowest BCUT2D eigenvalue weighted by molar-refractivity contribution is -0.138. The molecule has 0 bridgehead atoms. The van der Waals surface area contributed by atoms with E-state index in [-0.39, 0.29) is 12.0 Å². The van der Waals surface area contributed by atoms with Gasteiger partial charge in [-0.3, -0.25) is 4.79 Å². The van der Waals surface area contributed by atoms with E-state index >= 15 is 0 Å². The standard InChI is InChI=1S/C12H14ClNO2S/c13-10-3-1-9(2-4-10)7-17-8-12(16)14-5-11(15)6-14/h1-4,11,15H,5-8H2. The lowest BCUT2D eigenvalue weighted by Gasteiger charge is -2.35. The molecule has 0 saturated carbocycles. The monoisotopic (exact) mass is 271 g/mol. The van der Waals surface area contributed by atoms with Crippen molar-refractivity contribution in [3.63, 3.8) is 0 Å². The van der Waals surface area contributed by atoms with Crippen molar-refractivity contribution in [3.05, 3.63) is 34.9 Å². The molecule has 1 aliphatic heterocycles. The fourth-order valence-electron chi connectivity index (χ4n) is 1.59. The second-order valence-corrected chi connectivity index (χ2v) is 5.49. The number of aliphatic hydroxyl groups excluding tert-OH is 1. The lowest BCUT2D eigenvalue weighted by atomic mass is 10.2. The molecule has 3 nitrogen and oxygen atoms in total. The van der Waals surface area contributed by atoms with Crippen molar-refractivity contribution in [3.8, 4) is 0 Å². The molecule has 1 fully saturated rings. The van der Waals surface area contributed by atoms with E-state index in [1.807, 2.05) is 24.3 Å². The largest absolute Gasteiger partial charge is 0.389 e. The minimum absolute atomic E-state index is 0.106. The molecular weight excluding hydrogens is 258 g/mol. The fraction of sp³-hybridized carbons (Fsp3) is 0.417. The zero-order valence-corrected chi connectivity index (χ0v) is 10.9. The highest BCUT2D eigenvalue weighted by Crippen LogP contribution is 2.17. The SMILES string of the molecule is O=C(CSCc1ccc(Cl)cc1)N1CC(O)C1. The van der Waals surface area contributed by atoms with Crippen molar-refractivity contribution in [2.75, 3.05) is 18.8 Å². The number of likely N-dealkylation sites (tertiary alicyclic amines) is 1. The fourth-order valence-corrected chi connectivity index (χ4v) is 2.60. The molecular formula is C12H14ClNO2S. The number of rotatable bonds is 4. The number of β-amino-alcohol motifs (C(OH)–C–C–N with tert-alkyl or cyclic N) is 1. The summed E-state index contributed by atoms with van der Waals surface area (Å²) in [6.07, 6.45) is -0.319. The van der Waals surface area contributed by atoms with Crippen LogP contribution >= 0.6 is 23.4 Å². The number of halogens is 1. The molecule has 0 aromatic heterocycles. The summed E-state index contributed by atoms with van der Waals surface area (Å²) >= 11 is 7.37. The van der Waals surface area contributed by atoms with E-state index in [4.69, 9.17) is 16.7 Å². The Morgan fingerprint density at radius 2 is 2.06 bits per heavy atom. The quantitative estimate of drug-likeness (QED) is 0.908. The van der Waals surface area contributed by atoms with E-state index in [9.17, 15) is 4.79 Å². The summed E-state index contributed by atoms with van der Waals surface area (Å²) in [6, 6.07) is 7.64. The van der Waals surface area contributed by atoms with Gasteiger partial charge in [0.1, 0.15) is 0 Å². The Hall–Kier alpha value is -0.710. The van der Waals surface area contributed by atoms with Crippen LogP contribution in [-0.4, -0.2) is 40.9 Å². The summed E-state index contributed by atoms with van der Waals surface area (Å²) in [4.78, 5) is 13.3. The molecule has 1 heterocycles. The van der Waals surface area contributed by atoms with Gasteiger partial charge in [-0.2, -0.15) is 0 Å². The molecule has 0 aliphatic carbocycles. The number of hydrogen-bond donors (Lipinski definition) is 1. The van der Waals surface area contributed by atoms with Crippen LogP contribution in [0.25, 0.3) is 0 Å². The van der Waals surface area contributed by atoms with Gasteiger partial charge in [0, 0.05) is 23.9 Å². The van der Waals surface area contributed by atoms with Crippen LogP contribution in [0.15, 0.2) is 24.3 Å². The zero-order valence-electron chi connectivity index (χ0n) is 9.30. The maximum atomic E-state index is 11.6. The molecule has 0 spiro atoms. The number of carbonyl (C=O) groups excluding carboxylic acids is 1. The van der Waals surface area contributed by atoms with Crippen molar-refractivity contribution in [2.45, 2.75) is 11.9 Å². The molecule has 1 N–H and O–H groups in total. The zero-order chi connectivity index (χ0) is 12.3. The average Bonchev–Trinajstić information content (AvgIpc) is 2.27. The molecule has 1 aromatic rings. The molecule has 92 valence electrons. The van der Waals surface area contributed by atoms with E-state index < -0.39 is 0 Å². The van der Waals surface area contributed by atoms with E-state index in [1.54, 1.807) is 16.7 Å². The van der Waals surface area contributed by atoms with Gasteiger partial charge in [-0.1, -0.05) is 23.7 Å². The summed E-state index contributed by atoms with van der Waals surface area (Å²) in [5.74, 6) is 1.38. The number of benzene rings is 1. The smallest absolute Gasteiger partial charge is 0.232 e. The predicted molar refractivity (Wildman–Crippen MR) is 70.2 cm³/mol. The Bertz CT molecular complexity index is 390. The van der Waals surface area contributed by atoms with Gasteiger partial charge in [0.2, 0.25) is 5.91 Å². The third-order valence-corrected chi connectivity index (χ3v) is 3.86. The van der Waals surface area contributed by atoms with Crippen LogP contribution in [0.5, 0.6) is 0 Å². The maximum absolute atomic E-state index is 11.6. The molecule has 1 aromatic carbocycles. The molecule has 5 heteroatoms. The lowest BCUT2D eigenvalue weighted by Crippen LogP contribution is -2.54. The average molecular weight is 272 g/mol. The van der Waals surface area contributed by atoms with Gasteiger partial charge >= 0.3 is 0 Å². The summed E-state index contributed by atoms with van der Waals surface area (Å²) in [5.41, 5.74) is 1.16. The molecule has 1 aliphatic rings. The van der Waals surface area contributed by atoms with Gasteiger partial charge in [0.05, 0.1) is 11.9 Å². The van der Waals surface area contributed by atoms with Crippen LogP contribution in [-0.2, 0) is 10.5 Å². The van der Waals surface area contributed by atoms with Crippen molar-refractivity contribution < 1.29 is 9.90 Å². The molecule has 1 saturated heterocycles. The number of thioether (sulfide) groups is 1. The van der Waals surface area contributed by atoms with Gasteiger partial charge in [-0.15, -0.1) is 11.8 Å². The number of hydrogen-bond acceptors (Lipinski definition) is 3. The highest BCUT2D eigenvalue weighted by Gasteiger charge is 2.28. The van der Waals surface area contributed by atoms with Crippen LogP contribution in [0.2, 0.25) is 5.02 Å². The van der Waals surface area contributed by atoms with Crippen LogP contribution in [0.1, 0.15) is 5.56 Å². The number of nitrogens with zero attached hydrogens (tertiary/aromatic N) is 1. The second kappa shape index (κ2) is 5.76. The molecule has 17 heavy (non-hydrogen) atoms. The van der Waals surface area contributed by atoms with Gasteiger partial charge in [-0.25, -0.2) is 0 Å². The molecule has 2 rings (SSSR count). The van der Waals surface area contributed by atoms with E-state index in [2.05, 4.69) is 0 Å². The molecule has 0 unspecified atom stereocenters. The first-order chi connectivity index (χ1) is 8.15. The van der Waals surface area contributed by atoms with Gasteiger partial charge in [0.25, 0.3) is 0 Å². The van der Waals surface area contributed by atoms with Gasteiger partial charge in [-0.05, 0) is 17.7 Å². The first kappa shape index (κ1) is 12.7. The van der Waals surface area contributed by atoms with Crippen LogP contribution < -0.4 is 0 Å². The minimum Gasteiger partial charge on any atom is -0.389 e. The first-order valence-corrected chi connectivity index (χ1v) is 6.96. The first-order valence-electron chi connectivity index (χ1n) is 5.43. The highest BCUT2D eigenvalue weighted by molar-refractivity contribution is 7.99. The van der Waals surface area contributed by atoms with Crippen LogP contribution in [0.4, 0.5) is 0 Å². The Kier molecular flexibility index (Phi) is 4.31. The third kappa shape index (κ3) is 3.63. The van der Waals surface area contributed by atoms with Crippen LogP contribution in [0.3, 0.4) is 0 Å². The molecule has 0 atom stereocenters. The van der Waals surface area contributed by atoms with E-state index in [1.165, 1.54) is 0 Å².